The van der Waals surface area contributed by atoms with Crippen molar-refractivity contribution in [3.8, 4) is 11.5 Å². The van der Waals surface area contributed by atoms with Crippen LogP contribution in [0.2, 0.25) is 0 Å². The number of carboxylic acid groups (broad SMARTS) is 1. The Morgan fingerprint density at radius 2 is 2.08 bits per heavy atom. The van der Waals surface area contributed by atoms with E-state index in [9.17, 15) is 14.7 Å². The fraction of sp³-hybridized carbons (Fsp3) is 0.556. The zero-order valence-corrected chi connectivity index (χ0v) is 14.2. The summed E-state index contributed by atoms with van der Waals surface area (Å²) < 4.78 is 11.0. The zero-order valence-electron chi connectivity index (χ0n) is 14.2. The molecular weight excluding hydrogens is 310 g/mol. The minimum absolute atomic E-state index is 0.0102. The Labute approximate surface area is 141 Å². The van der Waals surface area contributed by atoms with Gasteiger partial charge >= 0.3 is 5.97 Å². The van der Waals surface area contributed by atoms with Crippen LogP contribution in [0.5, 0.6) is 11.5 Å². The summed E-state index contributed by atoms with van der Waals surface area (Å²) in [6, 6.07) is 4.90. The van der Waals surface area contributed by atoms with Gasteiger partial charge in [0.2, 0.25) is 12.7 Å². The number of benzene rings is 1. The summed E-state index contributed by atoms with van der Waals surface area (Å²) in [5, 5.41) is 9.71. The van der Waals surface area contributed by atoms with Gasteiger partial charge in [-0.2, -0.15) is 0 Å². The number of fused-ring (bicyclic) bond motifs is 1. The Morgan fingerprint density at radius 1 is 1.33 bits per heavy atom. The van der Waals surface area contributed by atoms with Crippen molar-refractivity contribution in [1.82, 2.24) is 4.90 Å². The van der Waals surface area contributed by atoms with Crippen LogP contribution in [0.3, 0.4) is 0 Å². The molecule has 2 aliphatic heterocycles. The number of hydrogen-bond acceptors (Lipinski definition) is 4. The van der Waals surface area contributed by atoms with Crippen LogP contribution < -0.4 is 9.47 Å². The molecule has 6 nitrogen and oxygen atoms in total. The first-order valence-electron chi connectivity index (χ1n) is 8.19. The van der Waals surface area contributed by atoms with Crippen LogP contribution in [-0.4, -0.2) is 35.2 Å². The monoisotopic (exact) mass is 333 g/mol. The second-order valence-corrected chi connectivity index (χ2v) is 7.59. The molecular formula is C18H23NO5. The van der Waals surface area contributed by atoms with E-state index >= 15 is 0 Å². The number of carbonyl (C=O) groups excluding carboxylic acids is 1. The highest BCUT2D eigenvalue weighted by Gasteiger charge is 2.43. The fourth-order valence-electron chi connectivity index (χ4n) is 3.48. The summed E-state index contributed by atoms with van der Waals surface area (Å²) in [7, 11) is 0. The van der Waals surface area contributed by atoms with E-state index in [0.717, 1.165) is 5.56 Å². The number of carbonyl (C=O) groups is 2. The first-order valence-corrected chi connectivity index (χ1v) is 8.19. The lowest BCUT2D eigenvalue weighted by atomic mass is 9.82. The molecule has 0 bridgehead atoms. The van der Waals surface area contributed by atoms with Gasteiger partial charge < -0.3 is 19.5 Å². The van der Waals surface area contributed by atoms with Crippen molar-refractivity contribution in [2.75, 3.05) is 13.3 Å². The van der Waals surface area contributed by atoms with Gasteiger partial charge in [0, 0.05) is 18.5 Å². The quantitative estimate of drug-likeness (QED) is 0.920. The highest BCUT2D eigenvalue weighted by molar-refractivity contribution is 5.82. The molecule has 0 aliphatic carbocycles. The van der Waals surface area contributed by atoms with Crippen LogP contribution in [0.1, 0.15) is 45.2 Å². The summed E-state index contributed by atoms with van der Waals surface area (Å²) in [6.45, 7) is 6.72. The number of carboxylic acids is 1. The van der Waals surface area contributed by atoms with Gasteiger partial charge in [-0.15, -0.1) is 0 Å². The molecule has 1 N–H and O–H groups in total. The number of likely N-dealkylation sites (tertiary alicyclic amines) is 1. The van der Waals surface area contributed by atoms with Crippen LogP contribution in [0.15, 0.2) is 18.2 Å². The largest absolute Gasteiger partial charge is 0.481 e. The van der Waals surface area contributed by atoms with Crippen LogP contribution >= 0.6 is 0 Å². The number of rotatable bonds is 3. The van der Waals surface area contributed by atoms with Crippen LogP contribution in [0.25, 0.3) is 0 Å². The highest BCUT2D eigenvalue weighted by Crippen LogP contribution is 2.46. The van der Waals surface area contributed by atoms with Crippen molar-refractivity contribution in [1.29, 1.82) is 0 Å². The summed E-state index contributed by atoms with van der Waals surface area (Å²) in [5.74, 6) is -0.389. The lowest BCUT2D eigenvalue weighted by molar-refractivity contribution is -0.153. The number of para-hydroxylation sites is 1. The Hall–Kier alpha value is -2.24. The second-order valence-electron chi connectivity index (χ2n) is 7.59. The molecule has 0 saturated carbocycles. The maximum Gasteiger partial charge on any atom is 0.308 e. The van der Waals surface area contributed by atoms with Crippen molar-refractivity contribution < 1.29 is 24.2 Å². The molecule has 1 amide bonds. The molecule has 1 aromatic rings. The molecule has 2 heterocycles. The van der Waals surface area contributed by atoms with Crippen molar-refractivity contribution in [2.24, 2.45) is 11.3 Å². The van der Waals surface area contributed by atoms with E-state index in [-0.39, 0.29) is 24.5 Å². The van der Waals surface area contributed by atoms with Crippen molar-refractivity contribution in [3.05, 3.63) is 23.8 Å². The number of ether oxygens (including phenoxy) is 2. The molecule has 1 saturated heterocycles. The number of piperidine rings is 1. The molecule has 2 aliphatic rings. The second kappa shape index (κ2) is 6.00. The van der Waals surface area contributed by atoms with E-state index in [0.29, 0.717) is 24.5 Å². The molecule has 0 radical (unpaired) electrons. The summed E-state index contributed by atoms with van der Waals surface area (Å²) in [4.78, 5) is 26.1. The molecule has 0 aromatic heterocycles. The molecule has 130 valence electrons. The van der Waals surface area contributed by atoms with E-state index in [4.69, 9.17) is 9.47 Å². The number of amides is 1. The van der Waals surface area contributed by atoms with E-state index < -0.39 is 17.9 Å². The Morgan fingerprint density at radius 3 is 2.75 bits per heavy atom. The number of aliphatic carboxylic acids is 1. The van der Waals surface area contributed by atoms with E-state index in [2.05, 4.69) is 0 Å². The van der Waals surface area contributed by atoms with Crippen LogP contribution in [0.4, 0.5) is 0 Å². The smallest absolute Gasteiger partial charge is 0.308 e. The van der Waals surface area contributed by atoms with Gasteiger partial charge in [-0.25, -0.2) is 0 Å². The Balaban J connectivity index is 2.08. The minimum atomic E-state index is -0.886. The molecule has 0 unspecified atom stereocenters. The first-order chi connectivity index (χ1) is 11.3. The van der Waals surface area contributed by atoms with Crippen LogP contribution in [0, 0.1) is 11.3 Å². The van der Waals surface area contributed by atoms with Crippen molar-refractivity contribution >= 4 is 11.9 Å². The maximum atomic E-state index is 12.6. The molecule has 6 heteroatoms. The molecule has 3 rings (SSSR count). The SMILES string of the molecule is CC(C)(C)CN1C(=O)CC[C@H](C(=O)O)[C@H]1c1cccc2c1OCO2. The van der Waals surface area contributed by atoms with E-state index in [1.807, 2.05) is 32.9 Å². The number of nitrogens with zero attached hydrogens (tertiary/aromatic N) is 1. The predicted octanol–water partition coefficient (Wildman–Crippen LogP) is 2.83. The molecule has 24 heavy (non-hydrogen) atoms. The average Bonchev–Trinajstić information content (AvgIpc) is 2.96. The topological polar surface area (TPSA) is 76.1 Å². The third-order valence-corrected chi connectivity index (χ3v) is 4.41. The maximum absolute atomic E-state index is 12.6. The predicted molar refractivity (Wildman–Crippen MR) is 86.8 cm³/mol. The summed E-state index contributed by atoms with van der Waals surface area (Å²) in [6.07, 6.45) is 0.597. The fourth-order valence-corrected chi connectivity index (χ4v) is 3.48. The highest BCUT2D eigenvalue weighted by atomic mass is 16.7. The van der Waals surface area contributed by atoms with Gasteiger partial charge in [-0.3, -0.25) is 9.59 Å². The van der Waals surface area contributed by atoms with Gasteiger partial charge in [-0.05, 0) is 17.9 Å². The average molecular weight is 333 g/mol. The lowest BCUT2D eigenvalue weighted by Gasteiger charge is -2.42. The normalized spacial score (nSPS) is 23.5. The first kappa shape index (κ1) is 16.6. The summed E-state index contributed by atoms with van der Waals surface area (Å²) in [5.41, 5.74) is 0.582. The van der Waals surface area contributed by atoms with E-state index in [1.165, 1.54) is 0 Å². The van der Waals surface area contributed by atoms with E-state index in [1.54, 1.807) is 11.0 Å². The van der Waals surface area contributed by atoms with Gasteiger partial charge in [-0.1, -0.05) is 32.9 Å². The van der Waals surface area contributed by atoms with Gasteiger partial charge in [0.25, 0.3) is 0 Å². The summed E-state index contributed by atoms with van der Waals surface area (Å²) >= 11 is 0. The van der Waals surface area contributed by atoms with Gasteiger partial charge in [0.15, 0.2) is 11.5 Å². The standard InChI is InChI=1S/C18H23NO5/c1-18(2,3)9-19-14(20)8-7-12(17(21)22)15(19)11-5-4-6-13-16(11)24-10-23-13/h4-6,12,15H,7-10H2,1-3H3,(H,21,22)/t12-,15+/m0/s1. The van der Waals surface area contributed by atoms with Crippen LogP contribution in [-0.2, 0) is 9.59 Å². The Kier molecular flexibility index (Phi) is 4.15. The Bertz CT molecular complexity index is 664. The minimum Gasteiger partial charge on any atom is -0.481 e. The third kappa shape index (κ3) is 3.05. The molecule has 0 spiro atoms. The molecule has 1 fully saturated rings. The lowest BCUT2D eigenvalue weighted by Crippen LogP contribution is -2.48. The molecule has 1 aromatic carbocycles. The molecule has 2 atom stereocenters. The van der Waals surface area contributed by atoms with Gasteiger partial charge in [0.05, 0.1) is 12.0 Å². The third-order valence-electron chi connectivity index (χ3n) is 4.41. The van der Waals surface area contributed by atoms with Crippen molar-refractivity contribution in [3.63, 3.8) is 0 Å². The van der Waals surface area contributed by atoms with Gasteiger partial charge in [0.1, 0.15) is 0 Å². The number of hydrogen-bond donors (Lipinski definition) is 1. The zero-order chi connectivity index (χ0) is 17.5. The van der Waals surface area contributed by atoms with Crippen molar-refractivity contribution in [2.45, 2.75) is 39.7 Å².